The molecule has 0 aliphatic rings. The predicted octanol–water partition coefficient (Wildman–Crippen LogP) is 0.495. The number of carbonyl (C=O) groups is 2. The topological polar surface area (TPSA) is 79.3 Å². The predicted molar refractivity (Wildman–Crippen MR) is 45.1 cm³/mol. The van der Waals surface area contributed by atoms with E-state index in [9.17, 15) is 9.59 Å². The third-order valence-electron chi connectivity index (χ3n) is 1.24. The van der Waals surface area contributed by atoms with Crippen molar-refractivity contribution in [2.75, 3.05) is 5.32 Å². The number of hydrogen-bond donors (Lipinski definition) is 2. The molecule has 1 rings (SSSR count). The zero-order chi connectivity index (χ0) is 9.68. The minimum atomic E-state index is -1.16. The molecule has 0 spiro atoms. The number of aliphatic carboxylic acids is 1. The highest BCUT2D eigenvalue weighted by Gasteiger charge is 2.07. The molecule has 0 saturated carbocycles. The van der Waals surface area contributed by atoms with E-state index in [4.69, 9.17) is 5.11 Å². The highest BCUT2D eigenvalue weighted by molar-refractivity contribution is 6.00. The maximum absolute atomic E-state index is 10.9. The lowest BCUT2D eigenvalue weighted by molar-refractivity contribution is -0.139. The average molecular weight is 180 g/mol. The molecule has 0 bridgehead atoms. The third kappa shape index (κ3) is 3.33. The van der Waals surface area contributed by atoms with E-state index in [1.807, 2.05) is 0 Å². The van der Waals surface area contributed by atoms with Gasteiger partial charge in [0.05, 0.1) is 0 Å². The van der Waals surface area contributed by atoms with Crippen LogP contribution >= 0.6 is 0 Å². The molecule has 1 aromatic heterocycles. The first kappa shape index (κ1) is 9.18. The number of pyridine rings is 1. The number of anilines is 1. The lowest BCUT2D eigenvalue weighted by Crippen LogP contribution is -2.16. The van der Waals surface area contributed by atoms with E-state index in [2.05, 4.69) is 10.3 Å². The van der Waals surface area contributed by atoms with E-state index in [0.29, 0.717) is 5.82 Å². The number of amides is 1. The summed E-state index contributed by atoms with van der Waals surface area (Å²) in [4.78, 5) is 24.8. The fourth-order valence-electron chi connectivity index (χ4n) is 0.761. The van der Waals surface area contributed by atoms with Crippen LogP contribution in [-0.2, 0) is 9.59 Å². The summed E-state index contributed by atoms with van der Waals surface area (Å²) >= 11 is 0. The van der Waals surface area contributed by atoms with Crippen molar-refractivity contribution in [2.24, 2.45) is 0 Å². The number of carboxylic acids is 1. The number of aromatic nitrogens is 1. The summed E-state index contributed by atoms with van der Waals surface area (Å²) < 4.78 is 0. The van der Waals surface area contributed by atoms with E-state index in [1.165, 1.54) is 6.20 Å². The van der Waals surface area contributed by atoms with E-state index in [1.54, 1.807) is 18.2 Å². The lowest BCUT2D eigenvalue weighted by Gasteiger charge is -2.00. The second kappa shape index (κ2) is 4.20. The van der Waals surface area contributed by atoms with Crippen LogP contribution in [0.5, 0.6) is 0 Å². The maximum Gasteiger partial charge on any atom is 0.312 e. The van der Waals surface area contributed by atoms with Crippen molar-refractivity contribution in [2.45, 2.75) is 6.42 Å². The van der Waals surface area contributed by atoms with Gasteiger partial charge in [-0.3, -0.25) is 9.59 Å². The van der Waals surface area contributed by atoms with Gasteiger partial charge in [0.2, 0.25) is 5.91 Å². The Bertz CT molecular complexity index is 310. The van der Waals surface area contributed by atoms with E-state index in [-0.39, 0.29) is 0 Å². The Morgan fingerprint density at radius 2 is 2.23 bits per heavy atom. The minimum Gasteiger partial charge on any atom is -0.481 e. The van der Waals surface area contributed by atoms with Crippen molar-refractivity contribution in [3.05, 3.63) is 24.4 Å². The molecular weight excluding hydrogens is 172 g/mol. The Kier molecular flexibility index (Phi) is 2.97. The molecule has 0 unspecified atom stereocenters. The smallest absolute Gasteiger partial charge is 0.312 e. The molecule has 1 aromatic rings. The molecule has 1 amide bonds. The van der Waals surface area contributed by atoms with Gasteiger partial charge in [0.15, 0.2) is 0 Å². The van der Waals surface area contributed by atoms with Crippen LogP contribution in [0.4, 0.5) is 5.82 Å². The van der Waals surface area contributed by atoms with Crippen molar-refractivity contribution >= 4 is 17.7 Å². The molecule has 0 radical (unpaired) electrons. The van der Waals surface area contributed by atoms with Crippen LogP contribution in [0.2, 0.25) is 0 Å². The summed E-state index contributed by atoms with van der Waals surface area (Å²) in [5.74, 6) is -1.38. The number of hydrogen-bond acceptors (Lipinski definition) is 3. The molecule has 5 heteroatoms. The number of nitrogens with zero attached hydrogens (tertiary/aromatic N) is 1. The van der Waals surface area contributed by atoms with Crippen molar-refractivity contribution < 1.29 is 14.7 Å². The minimum absolute atomic E-state index is 0.355. The molecule has 0 saturated heterocycles. The molecule has 0 aliphatic heterocycles. The number of carbonyl (C=O) groups excluding carboxylic acids is 1. The Morgan fingerprint density at radius 1 is 1.46 bits per heavy atom. The molecule has 2 N–H and O–H groups in total. The monoisotopic (exact) mass is 180 g/mol. The van der Waals surface area contributed by atoms with Crippen LogP contribution in [0, 0.1) is 0 Å². The van der Waals surface area contributed by atoms with Gasteiger partial charge in [-0.25, -0.2) is 4.98 Å². The van der Waals surface area contributed by atoms with Gasteiger partial charge in [0.25, 0.3) is 0 Å². The quantitative estimate of drug-likeness (QED) is 0.663. The van der Waals surface area contributed by atoms with Crippen LogP contribution < -0.4 is 5.32 Å². The second-order valence-electron chi connectivity index (χ2n) is 2.33. The molecule has 1 heterocycles. The Hall–Kier alpha value is -1.91. The van der Waals surface area contributed by atoms with Gasteiger partial charge in [0, 0.05) is 6.20 Å². The first-order valence-corrected chi connectivity index (χ1v) is 3.61. The summed E-state index contributed by atoms with van der Waals surface area (Å²) in [7, 11) is 0. The van der Waals surface area contributed by atoms with Gasteiger partial charge in [-0.2, -0.15) is 0 Å². The van der Waals surface area contributed by atoms with Crippen LogP contribution in [0.15, 0.2) is 24.4 Å². The number of carboxylic acid groups (broad SMARTS) is 1. The first-order valence-electron chi connectivity index (χ1n) is 3.61. The Labute approximate surface area is 74.4 Å². The van der Waals surface area contributed by atoms with Crippen molar-refractivity contribution in [1.29, 1.82) is 0 Å². The summed E-state index contributed by atoms with van der Waals surface area (Å²) in [6.07, 6.45) is 0.965. The van der Waals surface area contributed by atoms with Gasteiger partial charge in [-0.15, -0.1) is 0 Å². The summed E-state index contributed by atoms with van der Waals surface area (Å²) in [6.45, 7) is 0. The van der Waals surface area contributed by atoms with Crippen molar-refractivity contribution in [3.8, 4) is 0 Å². The summed E-state index contributed by atoms with van der Waals surface area (Å²) in [5.41, 5.74) is 0. The SMILES string of the molecule is O=C(O)CC(=O)Nc1ccccn1. The van der Waals surface area contributed by atoms with Gasteiger partial charge in [0.1, 0.15) is 12.2 Å². The molecule has 5 nitrogen and oxygen atoms in total. The third-order valence-corrected chi connectivity index (χ3v) is 1.24. The normalized spacial score (nSPS) is 9.23. The van der Waals surface area contributed by atoms with Crippen LogP contribution in [0.1, 0.15) is 6.42 Å². The average Bonchev–Trinajstić information content (AvgIpc) is 2.04. The van der Waals surface area contributed by atoms with E-state index < -0.39 is 18.3 Å². The van der Waals surface area contributed by atoms with Gasteiger partial charge in [-0.1, -0.05) is 6.07 Å². The fraction of sp³-hybridized carbons (Fsp3) is 0.125. The Morgan fingerprint density at radius 3 is 2.77 bits per heavy atom. The fourth-order valence-corrected chi connectivity index (χ4v) is 0.761. The van der Waals surface area contributed by atoms with Crippen LogP contribution in [0.3, 0.4) is 0 Å². The van der Waals surface area contributed by atoms with Gasteiger partial charge >= 0.3 is 5.97 Å². The van der Waals surface area contributed by atoms with Gasteiger partial charge in [-0.05, 0) is 12.1 Å². The zero-order valence-electron chi connectivity index (χ0n) is 6.73. The second-order valence-corrected chi connectivity index (χ2v) is 2.33. The maximum atomic E-state index is 10.9. The number of nitrogens with one attached hydrogen (secondary N) is 1. The molecule has 0 fully saturated rings. The van der Waals surface area contributed by atoms with Crippen LogP contribution in [-0.4, -0.2) is 22.0 Å². The summed E-state index contributed by atoms with van der Waals surface area (Å²) in [5, 5.41) is 10.6. The van der Waals surface area contributed by atoms with E-state index >= 15 is 0 Å². The highest BCUT2D eigenvalue weighted by atomic mass is 16.4. The first-order chi connectivity index (χ1) is 6.18. The molecule has 0 aromatic carbocycles. The summed E-state index contributed by atoms with van der Waals surface area (Å²) in [6, 6.07) is 4.98. The standard InChI is InChI=1S/C8H8N2O3/c11-7(5-8(12)13)10-6-3-1-2-4-9-6/h1-4H,5H2,(H,12,13)(H,9,10,11). The molecular formula is C8H8N2O3. The number of rotatable bonds is 3. The largest absolute Gasteiger partial charge is 0.481 e. The molecule has 68 valence electrons. The molecule has 0 atom stereocenters. The van der Waals surface area contributed by atoms with Crippen molar-refractivity contribution in [1.82, 2.24) is 4.98 Å². The van der Waals surface area contributed by atoms with Crippen LogP contribution in [0.25, 0.3) is 0 Å². The zero-order valence-corrected chi connectivity index (χ0v) is 6.73. The Balaban J connectivity index is 2.50. The van der Waals surface area contributed by atoms with Gasteiger partial charge < -0.3 is 10.4 Å². The molecule has 13 heavy (non-hydrogen) atoms. The lowest BCUT2D eigenvalue weighted by atomic mass is 10.4. The van der Waals surface area contributed by atoms with Crippen molar-refractivity contribution in [3.63, 3.8) is 0 Å². The highest BCUT2D eigenvalue weighted by Crippen LogP contribution is 1.99. The molecule has 0 aliphatic carbocycles. The van der Waals surface area contributed by atoms with E-state index in [0.717, 1.165) is 0 Å².